The SMILES string of the molecule is COc1cc(CNC(=O)NC2CCCC2)ccc1O. The minimum absolute atomic E-state index is 0.0988. The number of rotatable bonds is 4. The van der Waals surface area contributed by atoms with Crippen molar-refractivity contribution in [3.63, 3.8) is 0 Å². The van der Waals surface area contributed by atoms with Crippen LogP contribution in [0.2, 0.25) is 0 Å². The van der Waals surface area contributed by atoms with Crippen LogP contribution < -0.4 is 15.4 Å². The molecule has 0 bridgehead atoms. The Morgan fingerprint density at radius 2 is 2.16 bits per heavy atom. The highest BCUT2D eigenvalue weighted by Crippen LogP contribution is 2.26. The number of hydrogen-bond acceptors (Lipinski definition) is 3. The number of aromatic hydroxyl groups is 1. The van der Waals surface area contributed by atoms with E-state index >= 15 is 0 Å². The maximum Gasteiger partial charge on any atom is 0.315 e. The molecule has 1 aromatic carbocycles. The second-order valence-electron chi connectivity index (χ2n) is 4.81. The van der Waals surface area contributed by atoms with Crippen molar-refractivity contribution in [3.05, 3.63) is 23.8 Å². The predicted octanol–water partition coefficient (Wildman–Crippen LogP) is 2.14. The van der Waals surface area contributed by atoms with Gasteiger partial charge in [0.2, 0.25) is 0 Å². The highest BCUT2D eigenvalue weighted by molar-refractivity contribution is 5.74. The van der Waals surface area contributed by atoms with E-state index in [0.717, 1.165) is 18.4 Å². The lowest BCUT2D eigenvalue weighted by molar-refractivity contribution is 0.236. The molecule has 0 atom stereocenters. The van der Waals surface area contributed by atoms with E-state index in [9.17, 15) is 9.90 Å². The highest BCUT2D eigenvalue weighted by Gasteiger charge is 2.16. The van der Waals surface area contributed by atoms with Crippen molar-refractivity contribution in [2.45, 2.75) is 38.3 Å². The second-order valence-corrected chi connectivity index (χ2v) is 4.81. The zero-order valence-corrected chi connectivity index (χ0v) is 11.1. The molecule has 0 radical (unpaired) electrons. The van der Waals surface area contributed by atoms with Gasteiger partial charge in [0.1, 0.15) is 0 Å². The fourth-order valence-corrected chi connectivity index (χ4v) is 2.32. The third kappa shape index (κ3) is 3.77. The monoisotopic (exact) mass is 264 g/mol. The molecule has 5 heteroatoms. The number of phenols is 1. The number of nitrogens with one attached hydrogen (secondary N) is 2. The summed E-state index contributed by atoms with van der Waals surface area (Å²) in [6, 6.07) is 5.21. The molecule has 3 N–H and O–H groups in total. The van der Waals surface area contributed by atoms with Crippen LogP contribution in [0.4, 0.5) is 4.79 Å². The summed E-state index contributed by atoms with van der Waals surface area (Å²) < 4.78 is 5.02. The lowest BCUT2D eigenvalue weighted by atomic mass is 10.2. The van der Waals surface area contributed by atoms with E-state index in [0.29, 0.717) is 18.3 Å². The van der Waals surface area contributed by atoms with Crippen molar-refractivity contribution in [2.24, 2.45) is 0 Å². The van der Waals surface area contributed by atoms with Crippen LogP contribution in [0.25, 0.3) is 0 Å². The predicted molar refractivity (Wildman–Crippen MR) is 72.3 cm³/mol. The second kappa shape index (κ2) is 6.31. The Balaban J connectivity index is 1.82. The summed E-state index contributed by atoms with van der Waals surface area (Å²) in [5, 5.41) is 15.2. The van der Waals surface area contributed by atoms with Crippen molar-refractivity contribution in [2.75, 3.05) is 7.11 Å². The smallest absolute Gasteiger partial charge is 0.315 e. The number of urea groups is 1. The molecule has 1 fully saturated rings. The summed E-state index contributed by atoms with van der Waals surface area (Å²) in [5.41, 5.74) is 0.885. The third-order valence-corrected chi connectivity index (χ3v) is 3.39. The van der Waals surface area contributed by atoms with Crippen LogP contribution in [0.3, 0.4) is 0 Å². The molecule has 19 heavy (non-hydrogen) atoms. The molecule has 5 nitrogen and oxygen atoms in total. The Hall–Kier alpha value is -1.91. The third-order valence-electron chi connectivity index (χ3n) is 3.39. The molecule has 0 heterocycles. The average molecular weight is 264 g/mol. The first-order chi connectivity index (χ1) is 9.19. The number of amides is 2. The van der Waals surface area contributed by atoms with Crippen LogP contribution in [-0.4, -0.2) is 24.3 Å². The number of carbonyl (C=O) groups excluding carboxylic acids is 1. The average Bonchev–Trinajstić information content (AvgIpc) is 2.90. The van der Waals surface area contributed by atoms with E-state index in [4.69, 9.17) is 4.74 Å². The largest absolute Gasteiger partial charge is 0.504 e. The molecule has 0 aromatic heterocycles. The normalized spacial score (nSPS) is 15.2. The standard InChI is InChI=1S/C14H20N2O3/c1-19-13-8-10(6-7-12(13)17)9-15-14(18)16-11-4-2-3-5-11/h6-8,11,17H,2-5,9H2,1H3,(H2,15,16,18). The summed E-state index contributed by atoms with van der Waals surface area (Å²) in [6.07, 6.45) is 4.53. The zero-order valence-electron chi connectivity index (χ0n) is 11.1. The molecular formula is C14H20N2O3. The Kier molecular flexibility index (Phi) is 4.49. The fourth-order valence-electron chi connectivity index (χ4n) is 2.32. The van der Waals surface area contributed by atoms with Gasteiger partial charge in [-0.25, -0.2) is 4.79 Å². The maximum absolute atomic E-state index is 11.7. The van der Waals surface area contributed by atoms with Crippen LogP contribution >= 0.6 is 0 Å². The molecule has 104 valence electrons. The minimum Gasteiger partial charge on any atom is -0.504 e. The van der Waals surface area contributed by atoms with E-state index in [1.807, 2.05) is 0 Å². The number of methoxy groups -OCH3 is 1. The molecule has 0 spiro atoms. The van der Waals surface area contributed by atoms with E-state index in [-0.39, 0.29) is 11.8 Å². The zero-order chi connectivity index (χ0) is 13.7. The molecule has 0 saturated heterocycles. The van der Waals surface area contributed by atoms with Crippen molar-refractivity contribution >= 4 is 6.03 Å². The van der Waals surface area contributed by atoms with Gasteiger partial charge in [0, 0.05) is 12.6 Å². The molecule has 1 aliphatic rings. The Labute approximate surface area is 113 Å². The van der Waals surface area contributed by atoms with Gasteiger partial charge in [0.15, 0.2) is 11.5 Å². The van der Waals surface area contributed by atoms with Gasteiger partial charge in [-0.2, -0.15) is 0 Å². The number of hydrogen-bond donors (Lipinski definition) is 3. The van der Waals surface area contributed by atoms with Gasteiger partial charge < -0.3 is 20.5 Å². The lowest BCUT2D eigenvalue weighted by Crippen LogP contribution is -2.40. The topological polar surface area (TPSA) is 70.6 Å². The molecule has 1 saturated carbocycles. The van der Waals surface area contributed by atoms with Crippen molar-refractivity contribution in [1.82, 2.24) is 10.6 Å². The lowest BCUT2D eigenvalue weighted by Gasteiger charge is -2.13. The van der Waals surface area contributed by atoms with E-state index in [1.165, 1.54) is 20.0 Å². The van der Waals surface area contributed by atoms with Crippen molar-refractivity contribution in [1.29, 1.82) is 0 Å². The quantitative estimate of drug-likeness (QED) is 0.780. The molecule has 1 aromatic rings. The molecular weight excluding hydrogens is 244 g/mol. The van der Waals surface area contributed by atoms with Gasteiger partial charge in [-0.3, -0.25) is 0 Å². The number of benzene rings is 1. The van der Waals surface area contributed by atoms with Crippen LogP contribution in [0, 0.1) is 0 Å². The van der Waals surface area contributed by atoms with Crippen LogP contribution in [-0.2, 0) is 6.54 Å². The fraction of sp³-hybridized carbons (Fsp3) is 0.500. The number of phenolic OH excluding ortho intramolecular Hbond substituents is 1. The first-order valence-electron chi connectivity index (χ1n) is 6.59. The van der Waals surface area contributed by atoms with Gasteiger partial charge in [0.05, 0.1) is 7.11 Å². The van der Waals surface area contributed by atoms with Gasteiger partial charge in [0.25, 0.3) is 0 Å². The van der Waals surface area contributed by atoms with E-state index in [2.05, 4.69) is 10.6 Å². The first kappa shape index (κ1) is 13.5. The van der Waals surface area contributed by atoms with Gasteiger partial charge >= 0.3 is 6.03 Å². The van der Waals surface area contributed by atoms with Crippen LogP contribution in [0.15, 0.2) is 18.2 Å². The van der Waals surface area contributed by atoms with Gasteiger partial charge in [-0.15, -0.1) is 0 Å². The summed E-state index contributed by atoms with van der Waals surface area (Å²) in [6.45, 7) is 0.412. The molecule has 0 unspecified atom stereocenters. The van der Waals surface area contributed by atoms with Crippen molar-refractivity contribution < 1.29 is 14.6 Å². The molecule has 0 aliphatic heterocycles. The summed E-state index contributed by atoms with van der Waals surface area (Å²) in [7, 11) is 1.50. The molecule has 2 amide bonds. The van der Waals surface area contributed by atoms with E-state index < -0.39 is 0 Å². The Morgan fingerprint density at radius 1 is 1.42 bits per heavy atom. The van der Waals surface area contributed by atoms with Crippen LogP contribution in [0.5, 0.6) is 11.5 Å². The van der Waals surface area contributed by atoms with Gasteiger partial charge in [-0.1, -0.05) is 18.9 Å². The maximum atomic E-state index is 11.7. The van der Waals surface area contributed by atoms with Gasteiger partial charge in [-0.05, 0) is 30.5 Å². The summed E-state index contributed by atoms with van der Waals surface area (Å²) in [4.78, 5) is 11.7. The van der Waals surface area contributed by atoms with Crippen molar-refractivity contribution in [3.8, 4) is 11.5 Å². The minimum atomic E-state index is -0.140. The Bertz CT molecular complexity index is 442. The number of carbonyl (C=O) groups is 1. The molecule has 2 rings (SSSR count). The number of ether oxygens (including phenoxy) is 1. The highest BCUT2D eigenvalue weighted by atomic mass is 16.5. The summed E-state index contributed by atoms with van der Waals surface area (Å²) in [5.74, 6) is 0.511. The first-order valence-corrected chi connectivity index (χ1v) is 6.59. The molecule has 1 aliphatic carbocycles. The summed E-state index contributed by atoms with van der Waals surface area (Å²) >= 11 is 0. The Morgan fingerprint density at radius 3 is 2.84 bits per heavy atom. The van der Waals surface area contributed by atoms with E-state index in [1.54, 1.807) is 18.2 Å². The van der Waals surface area contributed by atoms with Crippen LogP contribution in [0.1, 0.15) is 31.2 Å².